The Kier molecular flexibility index (Phi) is 6.87. The molecule has 4 aromatic rings. The Morgan fingerprint density at radius 3 is 2.51 bits per heavy atom. The number of thiazole rings is 1. The van der Waals surface area contributed by atoms with Crippen LogP contribution in [-0.2, 0) is 13.1 Å². The Hall–Kier alpha value is -4.13. The molecule has 0 saturated carbocycles. The SMILES string of the molecule is CCn1cnc2nc(Nc3nc(C)c(C(=O)O)s3)nc(NCc3ccc(OC)c(OC)c3OC)c21. The van der Waals surface area contributed by atoms with E-state index >= 15 is 0 Å². The molecule has 0 unspecified atom stereocenters. The number of rotatable bonds is 10. The van der Waals surface area contributed by atoms with Gasteiger partial charge in [0.25, 0.3) is 0 Å². The number of aromatic carboxylic acids is 1. The maximum atomic E-state index is 11.4. The van der Waals surface area contributed by atoms with Gasteiger partial charge in [-0.2, -0.15) is 9.97 Å². The molecule has 0 aliphatic carbocycles. The molecular formula is C22H25N7O5S. The first-order valence-electron chi connectivity index (χ1n) is 10.6. The van der Waals surface area contributed by atoms with E-state index in [1.165, 1.54) is 0 Å². The number of nitrogens with zero attached hydrogens (tertiary/aromatic N) is 5. The van der Waals surface area contributed by atoms with Gasteiger partial charge in [-0.25, -0.2) is 14.8 Å². The first-order chi connectivity index (χ1) is 16.9. The summed E-state index contributed by atoms with van der Waals surface area (Å²) in [4.78, 5) is 29.3. The summed E-state index contributed by atoms with van der Waals surface area (Å²) in [7, 11) is 4.69. The lowest BCUT2D eigenvalue weighted by molar-refractivity contribution is 0.0701. The quantitative estimate of drug-likeness (QED) is 0.294. The van der Waals surface area contributed by atoms with Crippen molar-refractivity contribution in [3.8, 4) is 17.2 Å². The standard InChI is InChI=1S/C22H25N7O5S/c1-6-29-10-24-19-14(29)18(23-9-12-7-8-13(32-3)16(34-5)15(12)33-4)26-21(27-19)28-22-25-11(2)17(35-22)20(30)31/h7-8,10H,6,9H2,1-5H3,(H,30,31)(H2,23,25,26,27,28). The van der Waals surface area contributed by atoms with Gasteiger partial charge in [0.1, 0.15) is 10.4 Å². The van der Waals surface area contributed by atoms with Crippen molar-refractivity contribution in [2.75, 3.05) is 32.0 Å². The van der Waals surface area contributed by atoms with Gasteiger partial charge in [0.15, 0.2) is 28.1 Å². The summed E-state index contributed by atoms with van der Waals surface area (Å²) in [5.41, 5.74) is 2.47. The number of anilines is 3. The first-order valence-corrected chi connectivity index (χ1v) is 11.4. The number of nitrogens with one attached hydrogen (secondary N) is 2. The van der Waals surface area contributed by atoms with E-state index in [1.807, 2.05) is 23.6 Å². The highest BCUT2D eigenvalue weighted by Gasteiger charge is 2.19. The lowest BCUT2D eigenvalue weighted by Crippen LogP contribution is -2.09. The van der Waals surface area contributed by atoms with E-state index in [9.17, 15) is 9.90 Å². The zero-order chi connectivity index (χ0) is 25.1. The number of carboxylic acid groups (broad SMARTS) is 1. The van der Waals surface area contributed by atoms with Gasteiger partial charge in [-0.05, 0) is 26.0 Å². The maximum absolute atomic E-state index is 11.4. The highest BCUT2D eigenvalue weighted by atomic mass is 32.1. The molecule has 4 rings (SSSR count). The van der Waals surface area contributed by atoms with Crippen molar-refractivity contribution < 1.29 is 24.1 Å². The van der Waals surface area contributed by atoms with Crippen molar-refractivity contribution in [2.45, 2.75) is 26.9 Å². The number of hydrogen-bond donors (Lipinski definition) is 3. The second-order valence-corrected chi connectivity index (χ2v) is 8.31. The van der Waals surface area contributed by atoms with E-state index in [4.69, 9.17) is 14.2 Å². The number of methoxy groups -OCH3 is 3. The summed E-state index contributed by atoms with van der Waals surface area (Å²) in [6.45, 7) is 4.68. The summed E-state index contributed by atoms with van der Waals surface area (Å²) < 4.78 is 18.4. The highest BCUT2D eigenvalue weighted by molar-refractivity contribution is 7.17. The number of aryl methyl sites for hydroxylation is 2. The predicted molar refractivity (Wildman–Crippen MR) is 132 cm³/mol. The number of aromatic nitrogens is 5. The van der Waals surface area contributed by atoms with Gasteiger partial charge >= 0.3 is 5.97 Å². The fraction of sp³-hybridized carbons (Fsp3) is 0.318. The minimum Gasteiger partial charge on any atom is -0.493 e. The van der Waals surface area contributed by atoms with Crippen LogP contribution in [0.4, 0.5) is 16.9 Å². The van der Waals surface area contributed by atoms with E-state index in [0.29, 0.717) is 52.6 Å². The van der Waals surface area contributed by atoms with Crippen molar-refractivity contribution in [1.29, 1.82) is 0 Å². The van der Waals surface area contributed by atoms with E-state index in [-0.39, 0.29) is 10.8 Å². The molecule has 0 fully saturated rings. The lowest BCUT2D eigenvalue weighted by atomic mass is 10.1. The fourth-order valence-corrected chi connectivity index (χ4v) is 4.42. The predicted octanol–water partition coefficient (Wildman–Crippen LogP) is 3.69. The lowest BCUT2D eigenvalue weighted by Gasteiger charge is -2.17. The van der Waals surface area contributed by atoms with Gasteiger partial charge in [-0.15, -0.1) is 0 Å². The molecule has 0 amide bonds. The van der Waals surface area contributed by atoms with Gasteiger partial charge in [-0.3, -0.25) is 5.32 Å². The number of fused-ring (bicyclic) bond motifs is 1. The van der Waals surface area contributed by atoms with Crippen molar-refractivity contribution in [1.82, 2.24) is 24.5 Å². The molecule has 13 heteroatoms. The molecule has 3 heterocycles. The van der Waals surface area contributed by atoms with Crippen molar-refractivity contribution in [3.05, 3.63) is 34.6 Å². The number of imidazole rings is 1. The summed E-state index contributed by atoms with van der Waals surface area (Å²) in [5.74, 6) is 1.36. The highest BCUT2D eigenvalue weighted by Crippen LogP contribution is 2.40. The van der Waals surface area contributed by atoms with Crippen molar-refractivity contribution >= 4 is 45.4 Å². The summed E-state index contributed by atoms with van der Waals surface area (Å²) in [5, 5.41) is 16.0. The smallest absolute Gasteiger partial charge is 0.347 e. The number of carbonyl (C=O) groups is 1. The first kappa shape index (κ1) is 24.0. The summed E-state index contributed by atoms with van der Waals surface area (Å²) in [6.07, 6.45) is 1.70. The van der Waals surface area contributed by atoms with E-state index in [1.54, 1.807) is 34.6 Å². The number of ether oxygens (including phenoxy) is 3. The van der Waals surface area contributed by atoms with Crippen LogP contribution in [0.2, 0.25) is 0 Å². The van der Waals surface area contributed by atoms with E-state index in [0.717, 1.165) is 22.4 Å². The second-order valence-electron chi connectivity index (χ2n) is 7.31. The molecule has 0 spiro atoms. The zero-order valence-electron chi connectivity index (χ0n) is 19.9. The van der Waals surface area contributed by atoms with Crippen LogP contribution in [0.3, 0.4) is 0 Å². The Morgan fingerprint density at radius 1 is 1.11 bits per heavy atom. The van der Waals surface area contributed by atoms with Gasteiger partial charge in [0, 0.05) is 18.7 Å². The summed E-state index contributed by atoms with van der Waals surface area (Å²) in [6, 6.07) is 3.69. The molecule has 0 bridgehead atoms. The average Bonchev–Trinajstić information content (AvgIpc) is 3.44. The molecule has 35 heavy (non-hydrogen) atoms. The van der Waals surface area contributed by atoms with Gasteiger partial charge in [-0.1, -0.05) is 11.3 Å². The van der Waals surface area contributed by atoms with Crippen LogP contribution in [0.25, 0.3) is 11.2 Å². The van der Waals surface area contributed by atoms with Crippen LogP contribution < -0.4 is 24.8 Å². The molecule has 0 saturated heterocycles. The monoisotopic (exact) mass is 499 g/mol. The fourth-order valence-electron chi connectivity index (χ4n) is 3.62. The number of benzene rings is 1. The van der Waals surface area contributed by atoms with Crippen molar-refractivity contribution in [3.63, 3.8) is 0 Å². The van der Waals surface area contributed by atoms with Crippen LogP contribution in [0.15, 0.2) is 18.5 Å². The Labute approximate surface area is 204 Å². The summed E-state index contributed by atoms with van der Waals surface area (Å²) >= 11 is 1.02. The van der Waals surface area contributed by atoms with Crippen LogP contribution in [0.5, 0.6) is 17.2 Å². The molecule has 0 radical (unpaired) electrons. The molecule has 184 valence electrons. The average molecular weight is 500 g/mol. The largest absolute Gasteiger partial charge is 0.493 e. The second kappa shape index (κ2) is 10.0. The third-order valence-corrected chi connectivity index (χ3v) is 6.32. The minimum atomic E-state index is -1.03. The molecule has 0 aliphatic heterocycles. The molecule has 3 N–H and O–H groups in total. The van der Waals surface area contributed by atoms with E-state index in [2.05, 4.69) is 30.6 Å². The van der Waals surface area contributed by atoms with Crippen LogP contribution >= 0.6 is 11.3 Å². The molecular weight excluding hydrogens is 474 g/mol. The third kappa shape index (κ3) is 4.62. The molecule has 12 nitrogen and oxygen atoms in total. The molecule has 0 aliphatic rings. The van der Waals surface area contributed by atoms with Crippen LogP contribution in [-0.4, -0.2) is 56.9 Å². The Balaban J connectivity index is 1.70. The molecule has 3 aromatic heterocycles. The minimum absolute atomic E-state index is 0.155. The van der Waals surface area contributed by atoms with Crippen LogP contribution in [0.1, 0.15) is 27.9 Å². The van der Waals surface area contributed by atoms with Gasteiger partial charge in [0.05, 0.1) is 33.4 Å². The zero-order valence-corrected chi connectivity index (χ0v) is 20.7. The van der Waals surface area contributed by atoms with E-state index < -0.39 is 5.97 Å². The number of hydrogen-bond acceptors (Lipinski definition) is 11. The van der Waals surface area contributed by atoms with Crippen molar-refractivity contribution in [2.24, 2.45) is 0 Å². The molecule has 0 atom stereocenters. The van der Waals surface area contributed by atoms with Gasteiger partial charge in [0.2, 0.25) is 11.7 Å². The molecule has 1 aromatic carbocycles. The third-order valence-electron chi connectivity index (χ3n) is 5.25. The van der Waals surface area contributed by atoms with Crippen LogP contribution in [0, 0.1) is 6.92 Å². The van der Waals surface area contributed by atoms with Gasteiger partial charge < -0.3 is 29.2 Å². The Morgan fingerprint density at radius 2 is 1.89 bits per heavy atom. The Bertz CT molecular complexity index is 1380. The maximum Gasteiger partial charge on any atom is 0.347 e. The number of carboxylic acids is 1. The topological polar surface area (TPSA) is 146 Å². The normalized spacial score (nSPS) is 10.9.